The van der Waals surface area contributed by atoms with E-state index in [1.54, 1.807) is 24.7 Å². The summed E-state index contributed by atoms with van der Waals surface area (Å²) in [5.41, 5.74) is 0.316. The molecule has 1 amide bonds. The molecule has 0 fully saturated rings. The zero-order valence-corrected chi connectivity index (χ0v) is 16.2. The molecule has 27 heavy (non-hydrogen) atoms. The van der Waals surface area contributed by atoms with E-state index < -0.39 is 10.0 Å². The van der Waals surface area contributed by atoms with Crippen molar-refractivity contribution < 1.29 is 13.2 Å². The number of benzene rings is 1. The van der Waals surface area contributed by atoms with Crippen LogP contribution in [-0.4, -0.2) is 30.4 Å². The molecule has 3 rings (SSSR count). The van der Waals surface area contributed by atoms with E-state index in [2.05, 4.69) is 15.0 Å². The van der Waals surface area contributed by atoms with Gasteiger partial charge in [0, 0.05) is 42.5 Å². The van der Waals surface area contributed by atoms with Gasteiger partial charge in [0.1, 0.15) is 0 Å². The van der Waals surface area contributed by atoms with E-state index in [0.717, 1.165) is 17.8 Å². The number of aromatic nitrogens is 2. The molecule has 142 valence electrons. The summed E-state index contributed by atoms with van der Waals surface area (Å²) in [7, 11) is -3.68. The van der Waals surface area contributed by atoms with Crippen LogP contribution in [0.2, 0.25) is 0 Å². The Morgan fingerprint density at radius 1 is 1.22 bits per heavy atom. The fraction of sp³-hybridized carbons (Fsp3) is 0.222. The number of aryl methyl sites for hydroxylation is 1. The maximum atomic E-state index is 12.4. The summed E-state index contributed by atoms with van der Waals surface area (Å²) in [4.78, 5) is 17.2. The number of amides is 1. The van der Waals surface area contributed by atoms with E-state index in [1.165, 1.54) is 23.5 Å². The van der Waals surface area contributed by atoms with Crippen LogP contribution in [0.3, 0.4) is 0 Å². The first-order chi connectivity index (χ1) is 13.0. The minimum Gasteiger partial charge on any atom is -0.352 e. The van der Waals surface area contributed by atoms with Crippen molar-refractivity contribution in [3.05, 3.63) is 70.9 Å². The Labute approximate surface area is 162 Å². The van der Waals surface area contributed by atoms with E-state index in [4.69, 9.17) is 0 Å². The van der Waals surface area contributed by atoms with Crippen LogP contribution in [0.4, 0.5) is 0 Å². The van der Waals surface area contributed by atoms with Gasteiger partial charge in [0.05, 0.1) is 11.2 Å². The molecular weight excluding hydrogens is 384 g/mol. The summed E-state index contributed by atoms with van der Waals surface area (Å²) >= 11 is 1.48. The fourth-order valence-corrected chi connectivity index (χ4v) is 4.24. The number of nitrogens with zero attached hydrogens (tertiary/aromatic N) is 2. The van der Waals surface area contributed by atoms with Crippen LogP contribution in [0.15, 0.2) is 65.4 Å². The molecule has 9 heteroatoms. The molecular formula is C18H20N4O3S2. The molecule has 0 unspecified atom stereocenters. The van der Waals surface area contributed by atoms with E-state index >= 15 is 0 Å². The highest BCUT2D eigenvalue weighted by Gasteiger charge is 2.16. The Balaban J connectivity index is 1.56. The number of thiophene rings is 1. The number of rotatable bonds is 9. The lowest BCUT2D eigenvalue weighted by molar-refractivity contribution is 0.0952. The average molecular weight is 405 g/mol. The molecule has 3 aromatic rings. The number of hydrogen-bond acceptors (Lipinski definition) is 5. The van der Waals surface area contributed by atoms with Crippen molar-refractivity contribution in [1.82, 2.24) is 19.6 Å². The molecule has 0 aliphatic carbocycles. The Kier molecular flexibility index (Phi) is 6.38. The van der Waals surface area contributed by atoms with Gasteiger partial charge >= 0.3 is 0 Å². The molecule has 7 nitrogen and oxygen atoms in total. The molecule has 1 aromatic carbocycles. The monoisotopic (exact) mass is 404 g/mol. The second-order valence-corrected chi connectivity index (χ2v) is 8.64. The first kappa shape index (κ1) is 19.3. The number of nitrogens with one attached hydrogen (secondary N) is 2. The minimum atomic E-state index is -3.68. The van der Waals surface area contributed by atoms with Crippen LogP contribution in [0, 0.1) is 0 Å². The molecule has 2 N–H and O–H groups in total. The molecule has 0 aliphatic heterocycles. The first-order valence-electron chi connectivity index (χ1n) is 8.41. The lowest BCUT2D eigenvalue weighted by atomic mass is 10.2. The van der Waals surface area contributed by atoms with Crippen molar-refractivity contribution in [1.29, 1.82) is 0 Å². The topological polar surface area (TPSA) is 93.1 Å². The molecule has 0 bridgehead atoms. The van der Waals surface area contributed by atoms with E-state index in [0.29, 0.717) is 12.1 Å². The quantitative estimate of drug-likeness (QED) is 0.535. The van der Waals surface area contributed by atoms with Gasteiger partial charge in [0.15, 0.2) is 0 Å². The Morgan fingerprint density at radius 2 is 2.11 bits per heavy atom. The Bertz CT molecular complexity index is 968. The lowest BCUT2D eigenvalue weighted by Gasteiger charge is -2.09. The summed E-state index contributed by atoms with van der Waals surface area (Å²) < 4.78 is 29.4. The van der Waals surface area contributed by atoms with Gasteiger partial charge in [-0.25, -0.2) is 18.1 Å². The van der Waals surface area contributed by atoms with Crippen molar-refractivity contribution >= 4 is 27.3 Å². The molecule has 0 aliphatic rings. The number of carbonyl (C=O) groups excluding carboxylic acids is 1. The van der Waals surface area contributed by atoms with Crippen molar-refractivity contribution in [2.45, 2.75) is 24.4 Å². The van der Waals surface area contributed by atoms with Crippen molar-refractivity contribution in [3.8, 4) is 0 Å². The lowest BCUT2D eigenvalue weighted by Crippen LogP contribution is -2.26. The summed E-state index contributed by atoms with van der Waals surface area (Å²) in [5, 5.41) is 4.70. The zero-order chi connectivity index (χ0) is 19.1. The van der Waals surface area contributed by atoms with Gasteiger partial charge in [0.2, 0.25) is 10.0 Å². The zero-order valence-electron chi connectivity index (χ0n) is 14.5. The highest BCUT2D eigenvalue weighted by Crippen LogP contribution is 2.14. The maximum absolute atomic E-state index is 12.4. The molecule has 0 atom stereocenters. The highest BCUT2D eigenvalue weighted by atomic mass is 32.2. The summed E-state index contributed by atoms with van der Waals surface area (Å²) in [6, 6.07) is 9.77. The molecule has 0 spiro atoms. The predicted molar refractivity (Wildman–Crippen MR) is 104 cm³/mol. The van der Waals surface area contributed by atoms with Crippen LogP contribution >= 0.6 is 11.3 Å². The summed E-state index contributed by atoms with van der Waals surface area (Å²) in [5.74, 6) is -0.295. The summed E-state index contributed by atoms with van der Waals surface area (Å²) in [6.07, 6.45) is 6.04. The van der Waals surface area contributed by atoms with Gasteiger partial charge < -0.3 is 9.88 Å². The highest BCUT2D eigenvalue weighted by molar-refractivity contribution is 7.89. The van der Waals surface area contributed by atoms with E-state index in [1.807, 2.05) is 28.3 Å². The Morgan fingerprint density at radius 3 is 2.85 bits per heavy atom. The third-order valence-corrected chi connectivity index (χ3v) is 6.14. The second kappa shape index (κ2) is 8.94. The van der Waals surface area contributed by atoms with Crippen LogP contribution in [0.5, 0.6) is 0 Å². The van der Waals surface area contributed by atoms with Gasteiger partial charge in [0.25, 0.3) is 5.91 Å². The van der Waals surface area contributed by atoms with Crippen LogP contribution in [-0.2, 0) is 23.1 Å². The molecule has 2 aromatic heterocycles. The average Bonchev–Trinajstić information content (AvgIpc) is 3.37. The largest absolute Gasteiger partial charge is 0.352 e. The number of hydrogen-bond donors (Lipinski definition) is 2. The third kappa shape index (κ3) is 5.49. The predicted octanol–water partition coefficient (Wildman–Crippen LogP) is 2.24. The van der Waals surface area contributed by atoms with E-state index in [9.17, 15) is 13.2 Å². The molecule has 0 saturated heterocycles. The second-order valence-electron chi connectivity index (χ2n) is 5.84. The third-order valence-electron chi connectivity index (χ3n) is 3.86. The van der Waals surface area contributed by atoms with Gasteiger partial charge in [-0.3, -0.25) is 4.79 Å². The molecule has 0 radical (unpaired) electrons. The summed E-state index contributed by atoms with van der Waals surface area (Å²) in [6.45, 7) is 1.47. The van der Waals surface area contributed by atoms with Gasteiger partial charge in [-0.05, 0) is 36.1 Å². The smallest absolute Gasteiger partial charge is 0.251 e. The standard InChI is InChI=1S/C18H20N4O3S2/c23-18(20-7-3-9-22-10-8-19-14-22)15-4-1-6-17(12-15)27(24,25)21-13-16-5-2-11-26-16/h1-2,4-6,8,10-12,14,21H,3,7,9,13H2,(H,20,23). The van der Waals surface area contributed by atoms with Crippen LogP contribution in [0.1, 0.15) is 21.7 Å². The van der Waals surface area contributed by atoms with Gasteiger partial charge in [-0.1, -0.05) is 12.1 Å². The van der Waals surface area contributed by atoms with Gasteiger partial charge in [-0.2, -0.15) is 0 Å². The van der Waals surface area contributed by atoms with Crippen LogP contribution < -0.4 is 10.0 Å². The number of sulfonamides is 1. The van der Waals surface area contributed by atoms with Crippen molar-refractivity contribution in [3.63, 3.8) is 0 Å². The molecule has 2 heterocycles. The minimum absolute atomic E-state index is 0.0742. The van der Waals surface area contributed by atoms with Crippen molar-refractivity contribution in [2.75, 3.05) is 6.54 Å². The fourth-order valence-electron chi connectivity index (χ4n) is 2.45. The number of imidazole rings is 1. The normalized spacial score (nSPS) is 11.4. The first-order valence-corrected chi connectivity index (χ1v) is 10.8. The van der Waals surface area contributed by atoms with Gasteiger partial charge in [-0.15, -0.1) is 11.3 Å². The van der Waals surface area contributed by atoms with Crippen LogP contribution in [0.25, 0.3) is 0 Å². The number of carbonyl (C=O) groups is 1. The van der Waals surface area contributed by atoms with Crippen molar-refractivity contribution in [2.24, 2.45) is 0 Å². The maximum Gasteiger partial charge on any atom is 0.251 e. The SMILES string of the molecule is O=C(NCCCn1ccnc1)c1cccc(S(=O)(=O)NCc2cccs2)c1. The van der Waals surface area contributed by atoms with E-state index in [-0.39, 0.29) is 17.3 Å². The molecule has 0 saturated carbocycles. The Hall–Kier alpha value is -2.49.